The number of pyridine rings is 1. The van der Waals surface area contributed by atoms with Gasteiger partial charge in [-0.25, -0.2) is 14.4 Å². The standard InChI is InChI=1S/C18H15FN8O/c19-9-4-8-2-1-3-28-15(8)10(5-9)14-12-13(22)11(6-20)16(23)26-17(12)27-18(25-14)24-7-21/h4-5,14H,1-3H2,(H6,22,23,24,25,26,27). The zero-order valence-electron chi connectivity index (χ0n) is 14.6. The SMILES string of the molecule is N#CNC1=NC(c2cc(F)cc3c2OCCC3)c2c(nc(N)c(C#N)c2N)N1. The average Bonchev–Trinajstić information content (AvgIpc) is 2.67. The molecule has 10 heteroatoms. The van der Waals surface area contributed by atoms with Gasteiger partial charge in [0.1, 0.15) is 40.9 Å². The smallest absolute Gasteiger partial charge is 0.211 e. The van der Waals surface area contributed by atoms with Gasteiger partial charge in [-0.1, -0.05) is 0 Å². The lowest BCUT2D eigenvalue weighted by Gasteiger charge is -2.29. The number of nitriles is 2. The van der Waals surface area contributed by atoms with E-state index in [1.165, 1.54) is 12.1 Å². The summed E-state index contributed by atoms with van der Waals surface area (Å²) in [4.78, 5) is 8.64. The lowest BCUT2D eigenvalue weighted by Crippen LogP contribution is -2.33. The molecule has 1 unspecified atom stereocenters. The van der Waals surface area contributed by atoms with E-state index in [1.807, 2.05) is 6.07 Å². The van der Waals surface area contributed by atoms with Gasteiger partial charge in [0, 0.05) is 11.1 Å². The Morgan fingerprint density at radius 3 is 2.89 bits per heavy atom. The van der Waals surface area contributed by atoms with Gasteiger partial charge in [0.2, 0.25) is 5.96 Å². The third-order valence-corrected chi connectivity index (χ3v) is 4.65. The van der Waals surface area contributed by atoms with E-state index in [4.69, 9.17) is 21.5 Å². The predicted molar refractivity (Wildman–Crippen MR) is 99.6 cm³/mol. The molecule has 28 heavy (non-hydrogen) atoms. The van der Waals surface area contributed by atoms with Gasteiger partial charge in [-0.05, 0) is 30.5 Å². The number of aryl methyl sites for hydroxylation is 1. The Kier molecular flexibility index (Phi) is 4.09. The van der Waals surface area contributed by atoms with Gasteiger partial charge in [0.25, 0.3) is 0 Å². The van der Waals surface area contributed by atoms with Crippen LogP contribution in [0.15, 0.2) is 17.1 Å². The molecule has 4 rings (SSSR count). The zero-order chi connectivity index (χ0) is 19.8. The van der Waals surface area contributed by atoms with Crippen molar-refractivity contribution >= 4 is 23.3 Å². The van der Waals surface area contributed by atoms with Crippen LogP contribution in [0.4, 0.5) is 21.7 Å². The first-order valence-corrected chi connectivity index (χ1v) is 8.47. The Morgan fingerprint density at radius 2 is 2.14 bits per heavy atom. The van der Waals surface area contributed by atoms with Gasteiger partial charge < -0.3 is 21.5 Å². The van der Waals surface area contributed by atoms with E-state index in [2.05, 4.69) is 20.6 Å². The lowest BCUT2D eigenvalue weighted by atomic mass is 9.91. The maximum atomic E-state index is 14.3. The molecule has 0 bridgehead atoms. The number of nitrogens with one attached hydrogen (secondary N) is 2. The van der Waals surface area contributed by atoms with Crippen LogP contribution in [0.1, 0.15) is 34.7 Å². The predicted octanol–water partition coefficient (Wildman–Crippen LogP) is 1.52. The number of ether oxygens (including phenoxy) is 1. The minimum absolute atomic E-state index is 0.0173. The summed E-state index contributed by atoms with van der Waals surface area (Å²) in [5.41, 5.74) is 13.7. The molecule has 0 saturated carbocycles. The van der Waals surface area contributed by atoms with Gasteiger partial charge in [-0.2, -0.15) is 10.5 Å². The monoisotopic (exact) mass is 378 g/mol. The van der Waals surface area contributed by atoms with Crippen molar-refractivity contribution in [2.45, 2.75) is 18.9 Å². The molecule has 0 amide bonds. The van der Waals surface area contributed by atoms with Gasteiger partial charge in [-0.15, -0.1) is 0 Å². The fourth-order valence-electron chi connectivity index (χ4n) is 3.48. The van der Waals surface area contributed by atoms with E-state index in [0.29, 0.717) is 29.9 Å². The highest BCUT2D eigenvalue weighted by atomic mass is 19.1. The number of guanidine groups is 1. The van der Waals surface area contributed by atoms with Crippen molar-refractivity contribution < 1.29 is 9.13 Å². The van der Waals surface area contributed by atoms with E-state index in [1.54, 1.807) is 6.19 Å². The van der Waals surface area contributed by atoms with Crippen molar-refractivity contribution in [3.05, 3.63) is 40.2 Å². The van der Waals surface area contributed by atoms with E-state index < -0.39 is 11.9 Å². The summed E-state index contributed by atoms with van der Waals surface area (Å²) in [7, 11) is 0. The molecular formula is C18H15FN8O. The molecule has 9 nitrogen and oxygen atoms in total. The maximum Gasteiger partial charge on any atom is 0.211 e. The van der Waals surface area contributed by atoms with Crippen molar-refractivity contribution in [3.8, 4) is 18.0 Å². The Labute approximate surface area is 159 Å². The highest BCUT2D eigenvalue weighted by molar-refractivity contribution is 5.98. The molecule has 3 heterocycles. The van der Waals surface area contributed by atoms with Gasteiger partial charge in [0.05, 0.1) is 12.3 Å². The largest absolute Gasteiger partial charge is 0.493 e. The number of hydrogen-bond acceptors (Lipinski definition) is 9. The Balaban J connectivity index is 1.99. The number of aliphatic imine (C=N–C) groups is 1. The summed E-state index contributed by atoms with van der Waals surface area (Å²) >= 11 is 0. The minimum Gasteiger partial charge on any atom is -0.493 e. The first kappa shape index (κ1) is 17.4. The summed E-state index contributed by atoms with van der Waals surface area (Å²) in [5, 5.41) is 23.6. The van der Waals surface area contributed by atoms with Gasteiger partial charge in [-0.3, -0.25) is 5.32 Å². The summed E-state index contributed by atoms with van der Waals surface area (Å²) in [6, 6.07) is 3.85. The number of nitrogens with two attached hydrogens (primary N) is 2. The lowest BCUT2D eigenvalue weighted by molar-refractivity contribution is 0.283. The minimum atomic E-state index is -0.838. The molecule has 0 saturated heterocycles. The van der Waals surface area contributed by atoms with Crippen LogP contribution >= 0.6 is 0 Å². The number of fused-ring (bicyclic) bond motifs is 2. The second-order valence-electron chi connectivity index (χ2n) is 6.34. The van der Waals surface area contributed by atoms with E-state index in [0.717, 1.165) is 12.0 Å². The Morgan fingerprint density at radius 1 is 1.32 bits per heavy atom. The number of halogens is 1. The molecule has 6 N–H and O–H groups in total. The van der Waals surface area contributed by atoms with Crippen molar-refractivity contribution in [2.75, 3.05) is 23.4 Å². The number of hydrogen-bond donors (Lipinski definition) is 4. The maximum absolute atomic E-state index is 14.3. The van der Waals surface area contributed by atoms with Crippen molar-refractivity contribution in [2.24, 2.45) is 4.99 Å². The fraction of sp³-hybridized carbons (Fsp3) is 0.222. The van der Waals surface area contributed by atoms with Crippen LogP contribution in [0.25, 0.3) is 0 Å². The number of nitrogen functional groups attached to an aromatic ring is 2. The van der Waals surface area contributed by atoms with Crippen LogP contribution in [0, 0.1) is 28.6 Å². The quantitative estimate of drug-likeness (QED) is 0.429. The zero-order valence-corrected chi connectivity index (χ0v) is 14.6. The van der Waals surface area contributed by atoms with Crippen LogP contribution in [-0.4, -0.2) is 17.6 Å². The van der Waals surface area contributed by atoms with Crippen LogP contribution < -0.4 is 26.8 Å². The molecule has 140 valence electrons. The van der Waals surface area contributed by atoms with Gasteiger partial charge in [0.15, 0.2) is 6.19 Å². The Bertz CT molecular complexity index is 1100. The number of nitrogens with zero attached hydrogens (tertiary/aromatic N) is 4. The van der Waals surface area contributed by atoms with Crippen LogP contribution in [0.3, 0.4) is 0 Å². The van der Waals surface area contributed by atoms with Crippen molar-refractivity contribution in [1.82, 2.24) is 10.3 Å². The normalized spacial score (nSPS) is 17.0. The number of anilines is 3. The van der Waals surface area contributed by atoms with Gasteiger partial charge >= 0.3 is 0 Å². The van der Waals surface area contributed by atoms with Crippen LogP contribution in [0.2, 0.25) is 0 Å². The molecule has 2 aliphatic rings. The molecule has 0 aliphatic carbocycles. The second kappa shape index (κ2) is 6.59. The first-order valence-electron chi connectivity index (χ1n) is 8.47. The van der Waals surface area contributed by atoms with Crippen molar-refractivity contribution in [3.63, 3.8) is 0 Å². The molecule has 1 aromatic heterocycles. The number of rotatable bonds is 1. The third-order valence-electron chi connectivity index (χ3n) is 4.65. The molecule has 1 aromatic carbocycles. The molecule has 0 fully saturated rings. The highest BCUT2D eigenvalue weighted by Crippen LogP contribution is 2.45. The second-order valence-corrected chi connectivity index (χ2v) is 6.34. The summed E-state index contributed by atoms with van der Waals surface area (Å²) in [6.45, 7) is 0.495. The van der Waals surface area contributed by atoms with Crippen LogP contribution in [0.5, 0.6) is 5.75 Å². The molecule has 2 aliphatic heterocycles. The molecule has 2 aromatic rings. The van der Waals surface area contributed by atoms with Crippen molar-refractivity contribution in [1.29, 1.82) is 10.5 Å². The third kappa shape index (κ3) is 2.68. The molecule has 1 atom stereocenters. The fourth-order valence-corrected chi connectivity index (χ4v) is 3.48. The summed E-state index contributed by atoms with van der Waals surface area (Å²) < 4.78 is 20.1. The molecule has 0 radical (unpaired) electrons. The van der Waals surface area contributed by atoms with E-state index >= 15 is 0 Å². The first-order chi connectivity index (χ1) is 13.5. The molecular weight excluding hydrogens is 363 g/mol. The van der Waals surface area contributed by atoms with E-state index in [-0.39, 0.29) is 28.8 Å². The van der Waals surface area contributed by atoms with E-state index in [9.17, 15) is 9.65 Å². The molecule has 0 spiro atoms. The highest BCUT2D eigenvalue weighted by Gasteiger charge is 2.33. The number of aromatic nitrogens is 1. The number of benzene rings is 1. The average molecular weight is 378 g/mol. The summed E-state index contributed by atoms with van der Waals surface area (Å²) in [6.07, 6.45) is 3.22. The Hall–Kier alpha value is -4.05. The van der Waals surface area contributed by atoms with Crippen LogP contribution in [-0.2, 0) is 6.42 Å². The summed E-state index contributed by atoms with van der Waals surface area (Å²) in [5.74, 6) is 0.373. The topological polar surface area (TPSA) is 158 Å².